The van der Waals surface area contributed by atoms with Crippen molar-refractivity contribution in [3.05, 3.63) is 35.8 Å². The van der Waals surface area contributed by atoms with Crippen LogP contribution in [-0.4, -0.2) is 11.6 Å². The molecule has 0 aliphatic heterocycles. The smallest absolute Gasteiger partial charge is 0.187 e. The molecule has 0 spiro atoms. The third kappa shape index (κ3) is 2.47. The number of hydrogen-bond acceptors (Lipinski definition) is 4. The normalized spacial score (nSPS) is 9.93. The third-order valence-electron chi connectivity index (χ3n) is 1.86. The maximum atomic E-state index is 5.50. The van der Waals surface area contributed by atoms with E-state index in [4.69, 9.17) is 4.74 Å². The molecule has 0 aliphatic rings. The van der Waals surface area contributed by atoms with Crippen LogP contribution >= 0.6 is 11.3 Å². The first-order valence-corrected chi connectivity index (χ1v) is 5.66. The fraction of sp³-hybridized carbons (Fsp3) is 0.182. The summed E-state index contributed by atoms with van der Waals surface area (Å²) in [6, 6.07) is 7.85. The Bertz CT molecular complexity index is 414. The van der Waals surface area contributed by atoms with Crippen molar-refractivity contribution in [1.82, 2.24) is 4.98 Å². The van der Waals surface area contributed by atoms with Crippen LogP contribution in [-0.2, 0) is 0 Å². The molecule has 1 aromatic carbocycles. The summed E-state index contributed by atoms with van der Waals surface area (Å²) in [7, 11) is 0. The molecule has 4 heteroatoms. The maximum absolute atomic E-state index is 5.50. The molecule has 78 valence electrons. The van der Waals surface area contributed by atoms with E-state index in [2.05, 4.69) is 10.3 Å². The Morgan fingerprint density at radius 3 is 3.00 bits per heavy atom. The molecule has 0 fully saturated rings. The zero-order chi connectivity index (χ0) is 10.5. The molecule has 0 amide bonds. The molecule has 0 saturated carbocycles. The second kappa shape index (κ2) is 4.79. The first-order valence-electron chi connectivity index (χ1n) is 4.78. The fourth-order valence-electron chi connectivity index (χ4n) is 1.25. The lowest BCUT2D eigenvalue weighted by Gasteiger charge is -2.09. The van der Waals surface area contributed by atoms with Crippen molar-refractivity contribution in [3.63, 3.8) is 0 Å². The van der Waals surface area contributed by atoms with Crippen molar-refractivity contribution < 1.29 is 4.74 Å². The molecule has 0 aliphatic carbocycles. The van der Waals surface area contributed by atoms with Crippen LogP contribution in [0.4, 0.5) is 10.8 Å². The van der Waals surface area contributed by atoms with Gasteiger partial charge >= 0.3 is 0 Å². The van der Waals surface area contributed by atoms with E-state index in [1.54, 1.807) is 17.5 Å². The summed E-state index contributed by atoms with van der Waals surface area (Å²) in [5.41, 5.74) is 0.953. The van der Waals surface area contributed by atoms with Gasteiger partial charge in [-0.05, 0) is 19.1 Å². The number of hydrogen-bond donors (Lipinski definition) is 1. The van der Waals surface area contributed by atoms with Crippen molar-refractivity contribution in [2.45, 2.75) is 6.92 Å². The van der Waals surface area contributed by atoms with Crippen LogP contribution in [0.25, 0.3) is 0 Å². The SMILES string of the molecule is CCOc1ccccc1Nc1nccs1. The van der Waals surface area contributed by atoms with Gasteiger partial charge in [0.2, 0.25) is 0 Å². The first-order chi connectivity index (χ1) is 7.40. The molecule has 2 rings (SSSR count). The van der Waals surface area contributed by atoms with Gasteiger partial charge in [0.1, 0.15) is 5.75 Å². The fourth-order valence-corrected chi connectivity index (χ4v) is 1.79. The monoisotopic (exact) mass is 220 g/mol. The second-order valence-corrected chi connectivity index (χ2v) is 3.79. The van der Waals surface area contributed by atoms with Crippen molar-refractivity contribution in [2.75, 3.05) is 11.9 Å². The lowest BCUT2D eigenvalue weighted by atomic mass is 10.3. The highest BCUT2D eigenvalue weighted by Crippen LogP contribution is 2.27. The summed E-state index contributed by atoms with van der Waals surface area (Å²) >= 11 is 1.57. The highest BCUT2D eigenvalue weighted by molar-refractivity contribution is 7.13. The van der Waals surface area contributed by atoms with Crippen LogP contribution < -0.4 is 10.1 Å². The predicted molar refractivity (Wildman–Crippen MR) is 63.0 cm³/mol. The van der Waals surface area contributed by atoms with Gasteiger partial charge in [0.15, 0.2) is 5.13 Å². The number of nitrogens with zero attached hydrogens (tertiary/aromatic N) is 1. The average molecular weight is 220 g/mol. The molecule has 1 heterocycles. The Balaban J connectivity index is 2.20. The lowest BCUT2D eigenvalue weighted by molar-refractivity contribution is 0.342. The molecular formula is C11H12N2OS. The molecule has 0 unspecified atom stereocenters. The van der Waals surface area contributed by atoms with E-state index in [0.29, 0.717) is 6.61 Å². The molecule has 0 radical (unpaired) electrons. The van der Waals surface area contributed by atoms with Crippen LogP contribution in [0.3, 0.4) is 0 Å². The quantitative estimate of drug-likeness (QED) is 0.858. The molecule has 0 saturated heterocycles. The van der Waals surface area contributed by atoms with Gasteiger partial charge in [-0.25, -0.2) is 4.98 Å². The highest BCUT2D eigenvalue weighted by Gasteiger charge is 2.03. The molecule has 0 bridgehead atoms. The van der Waals surface area contributed by atoms with E-state index < -0.39 is 0 Å². The number of ether oxygens (including phenoxy) is 1. The maximum Gasteiger partial charge on any atom is 0.187 e. The Labute approximate surface area is 92.7 Å². The Kier molecular flexibility index (Phi) is 3.19. The molecular weight excluding hydrogens is 208 g/mol. The van der Waals surface area contributed by atoms with E-state index in [1.165, 1.54) is 0 Å². The molecule has 0 atom stereocenters. The van der Waals surface area contributed by atoms with Crippen LogP contribution in [0.1, 0.15) is 6.92 Å². The number of thiazole rings is 1. The average Bonchev–Trinajstić information content (AvgIpc) is 2.74. The summed E-state index contributed by atoms with van der Waals surface area (Å²) in [5.74, 6) is 0.857. The van der Waals surface area contributed by atoms with Crippen LogP contribution in [0.15, 0.2) is 35.8 Å². The Hall–Kier alpha value is -1.55. The van der Waals surface area contributed by atoms with Crippen LogP contribution in [0.5, 0.6) is 5.75 Å². The highest BCUT2D eigenvalue weighted by atomic mass is 32.1. The van der Waals surface area contributed by atoms with Gasteiger partial charge in [-0.1, -0.05) is 12.1 Å². The zero-order valence-electron chi connectivity index (χ0n) is 8.43. The van der Waals surface area contributed by atoms with Gasteiger partial charge in [-0.2, -0.15) is 0 Å². The zero-order valence-corrected chi connectivity index (χ0v) is 9.25. The van der Waals surface area contributed by atoms with Gasteiger partial charge in [-0.3, -0.25) is 0 Å². The summed E-state index contributed by atoms with van der Waals surface area (Å²) in [4.78, 5) is 4.16. The Morgan fingerprint density at radius 2 is 2.27 bits per heavy atom. The molecule has 1 aromatic heterocycles. The van der Waals surface area contributed by atoms with E-state index in [1.807, 2.05) is 36.6 Å². The minimum absolute atomic E-state index is 0.663. The summed E-state index contributed by atoms with van der Waals surface area (Å²) < 4.78 is 5.50. The van der Waals surface area contributed by atoms with Crippen molar-refractivity contribution >= 4 is 22.2 Å². The van der Waals surface area contributed by atoms with Crippen molar-refractivity contribution in [1.29, 1.82) is 0 Å². The van der Waals surface area contributed by atoms with Crippen molar-refractivity contribution in [3.8, 4) is 5.75 Å². The van der Waals surface area contributed by atoms with Gasteiger partial charge in [0.05, 0.1) is 12.3 Å². The topological polar surface area (TPSA) is 34.1 Å². The van der Waals surface area contributed by atoms with Gasteiger partial charge < -0.3 is 10.1 Å². The van der Waals surface area contributed by atoms with E-state index >= 15 is 0 Å². The van der Waals surface area contributed by atoms with E-state index in [9.17, 15) is 0 Å². The molecule has 3 nitrogen and oxygen atoms in total. The molecule has 15 heavy (non-hydrogen) atoms. The molecule has 1 N–H and O–H groups in total. The van der Waals surface area contributed by atoms with Crippen molar-refractivity contribution in [2.24, 2.45) is 0 Å². The summed E-state index contributed by atoms with van der Waals surface area (Å²) in [6.45, 7) is 2.64. The van der Waals surface area contributed by atoms with Gasteiger partial charge in [0.25, 0.3) is 0 Å². The Morgan fingerprint density at radius 1 is 1.40 bits per heavy atom. The number of anilines is 2. The van der Waals surface area contributed by atoms with E-state index in [0.717, 1.165) is 16.6 Å². The largest absolute Gasteiger partial charge is 0.492 e. The van der Waals surface area contributed by atoms with Crippen LogP contribution in [0, 0.1) is 0 Å². The second-order valence-electron chi connectivity index (χ2n) is 2.89. The van der Waals surface area contributed by atoms with Gasteiger partial charge in [0, 0.05) is 11.6 Å². The minimum atomic E-state index is 0.663. The number of aromatic nitrogens is 1. The molecule has 2 aromatic rings. The number of rotatable bonds is 4. The number of nitrogens with one attached hydrogen (secondary N) is 1. The summed E-state index contributed by atoms with van der Waals surface area (Å²) in [6.07, 6.45) is 1.77. The van der Waals surface area contributed by atoms with Gasteiger partial charge in [-0.15, -0.1) is 11.3 Å². The predicted octanol–water partition coefficient (Wildman–Crippen LogP) is 3.29. The first kappa shape index (κ1) is 9.98. The lowest BCUT2D eigenvalue weighted by Crippen LogP contribution is -1.96. The third-order valence-corrected chi connectivity index (χ3v) is 2.55. The van der Waals surface area contributed by atoms with Crippen LogP contribution in [0.2, 0.25) is 0 Å². The minimum Gasteiger partial charge on any atom is -0.492 e. The standard InChI is InChI=1S/C11H12N2OS/c1-2-14-10-6-4-3-5-9(10)13-11-12-7-8-15-11/h3-8H,2H2,1H3,(H,12,13). The number of benzene rings is 1. The summed E-state index contributed by atoms with van der Waals surface area (Å²) in [5, 5.41) is 6.03. The van der Waals surface area contributed by atoms with E-state index in [-0.39, 0.29) is 0 Å². The number of para-hydroxylation sites is 2.